The summed E-state index contributed by atoms with van der Waals surface area (Å²) in [5.74, 6) is 0.727. The number of hydrogen-bond donors (Lipinski definition) is 2. The molecule has 0 aliphatic carbocycles. The third-order valence-electron chi connectivity index (χ3n) is 4.24. The summed E-state index contributed by atoms with van der Waals surface area (Å²) >= 11 is 3.47. The Bertz CT molecular complexity index is 530. The highest BCUT2D eigenvalue weighted by molar-refractivity contribution is 9.10. The van der Waals surface area contributed by atoms with Gasteiger partial charge in [-0.1, -0.05) is 6.07 Å². The number of rotatable bonds is 5. The van der Waals surface area contributed by atoms with Gasteiger partial charge in [0.2, 0.25) is 0 Å². The zero-order chi connectivity index (χ0) is 16.2. The maximum absolute atomic E-state index is 12.6. The number of amides is 1. The van der Waals surface area contributed by atoms with Crippen molar-refractivity contribution in [3.8, 4) is 5.75 Å². The van der Waals surface area contributed by atoms with Crippen molar-refractivity contribution in [3.05, 3.63) is 28.2 Å². The van der Waals surface area contributed by atoms with Crippen LogP contribution in [0.15, 0.2) is 22.7 Å². The average Bonchev–Trinajstić information content (AvgIpc) is 2.55. The number of halogens is 1. The van der Waals surface area contributed by atoms with Crippen LogP contribution < -0.4 is 15.4 Å². The van der Waals surface area contributed by atoms with E-state index < -0.39 is 5.60 Å². The highest BCUT2D eigenvalue weighted by atomic mass is 79.9. The Hall–Kier alpha value is -1.11. The number of benzene rings is 1. The minimum atomic E-state index is -0.719. The Morgan fingerprint density at radius 3 is 2.59 bits per heavy atom. The predicted molar refractivity (Wildman–Crippen MR) is 89.1 cm³/mol. The van der Waals surface area contributed by atoms with Crippen LogP contribution in [-0.2, 0) is 9.53 Å². The molecule has 0 spiro atoms. The first-order valence-electron chi connectivity index (χ1n) is 7.42. The van der Waals surface area contributed by atoms with Crippen LogP contribution in [0, 0.1) is 0 Å². The molecular weight excluding hydrogens is 348 g/mol. The van der Waals surface area contributed by atoms with Crippen LogP contribution in [0.3, 0.4) is 0 Å². The molecule has 1 fully saturated rings. The number of hydrogen-bond acceptors (Lipinski definition) is 4. The largest absolute Gasteiger partial charge is 0.496 e. The summed E-state index contributed by atoms with van der Waals surface area (Å²) in [6.45, 7) is 3.56. The van der Waals surface area contributed by atoms with Crippen molar-refractivity contribution in [1.82, 2.24) is 10.6 Å². The van der Waals surface area contributed by atoms with Gasteiger partial charge in [0, 0.05) is 7.11 Å². The van der Waals surface area contributed by atoms with Crippen LogP contribution >= 0.6 is 15.9 Å². The van der Waals surface area contributed by atoms with Crippen molar-refractivity contribution in [1.29, 1.82) is 0 Å². The summed E-state index contributed by atoms with van der Waals surface area (Å²) in [6, 6.07) is 5.71. The minimum Gasteiger partial charge on any atom is -0.496 e. The van der Waals surface area contributed by atoms with E-state index in [0.717, 1.165) is 28.9 Å². The first-order valence-corrected chi connectivity index (χ1v) is 8.22. The van der Waals surface area contributed by atoms with Gasteiger partial charge in [-0.05, 0) is 66.5 Å². The third kappa shape index (κ3) is 3.62. The Labute approximate surface area is 139 Å². The molecule has 1 unspecified atom stereocenters. The zero-order valence-corrected chi connectivity index (χ0v) is 14.8. The van der Waals surface area contributed by atoms with Gasteiger partial charge in [0.15, 0.2) is 0 Å². The lowest BCUT2D eigenvalue weighted by Gasteiger charge is -2.35. The molecule has 0 bridgehead atoms. The molecule has 2 rings (SSSR count). The van der Waals surface area contributed by atoms with Gasteiger partial charge in [-0.3, -0.25) is 4.79 Å². The summed E-state index contributed by atoms with van der Waals surface area (Å²) in [4.78, 5) is 12.6. The Morgan fingerprint density at radius 1 is 1.36 bits per heavy atom. The number of carbonyl (C=O) groups is 1. The fourth-order valence-corrected chi connectivity index (χ4v) is 3.28. The van der Waals surface area contributed by atoms with E-state index in [0.29, 0.717) is 12.8 Å². The van der Waals surface area contributed by atoms with Crippen LogP contribution in [0.4, 0.5) is 0 Å². The second kappa shape index (κ2) is 7.44. The molecule has 5 nitrogen and oxygen atoms in total. The molecule has 0 saturated carbocycles. The van der Waals surface area contributed by atoms with Crippen LogP contribution in [0.2, 0.25) is 0 Å². The summed E-state index contributed by atoms with van der Waals surface area (Å²) in [6.07, 6.45) is 1.38. The van der Waals surface area contributed by atoms with Gasteiger partial charge in [-0.25, -0.2) is 0 Å². The van der Waals surface area contributed by atoms with Crippen molar-refractivity contribution in [3.63, 3.8) is 0 Å². The summed E-state index contributed by atoms with van der Waals surface area (Å²) in [5.41, 5.74) is 0.296. The SMILES string of the molecule is COc1ccc(C(C)NC(=O)C2(OC)CCNCC2)cc1Br. The Morgan fingerprint density at radius 2 is 2.05 bits per heavy atom. The molecule has 1 saturated heterocycles. The zero-order valence-electron chi connectivity index (χ0n) is 13.2. The maximum Gasteiger partial charge on any atom is 0.252 e. The van der Waals surface area contributed by atoms with Crippen LogP contribution in [-0.4, -0.2) is 38.8 Å². The first-order chi connectivity index (χ1) is 10.5. The van der Waals surface area contributed by atoms with E-state index in [-0.39, 0.29) is 11.9 Å². The molecule has 1 atom stereocenters. The molecule has 122 valence electrons. The fourth-order valence-electron chi connectivity index (χ4n) is 2.72. The number of piperidine rings is 1. The van der Waals surface area contributed by atoms with Crippen LogP contribution in [0.25, 0.3) is 0 Å². The van der Waals surface area contributed by atoms with Gasteiger partial charge in [-0.15, -0.1) is 0 Å². The van der Waals surface area contributed by atoms with Crippen molar-refractivity contribution in [2.75, 3.05) is 27.3 Å². The van der Waals surface area contributed by atoms with Crippen molar-refractivity contribution in [2.45, 2.75) is 31.4 Å². The smallest absolute Gasteiger partial charge is 0.252 e. The van der Waals surface area contributed by atoms with Gasteiger partial charge in [0.25, 0.3) is 5.91 Å². The molecule has 1 heterocycles. The molecule has 1 aromatic rings. The van der Waals surface area contributed by atoms with E-state index in [1.54, 1.807) is 14.2 Å². The number of carbonyl (C=O) groups excluding carboxylic acids is 1. The first kappa shape index (κ1) is 17.2. The van der Waals surface area contributed by atoms with E-state index in [2.05, 4.69) is 26.6 Å². The van der Waals surface area contributed by atoms with E-state index in [1.165, 1.54) is 0 Å². The fraction of sp³-hybridized carbons (Fsp3) is 0.562. The van der Waals surface area contributed by atoms with Crippen LogP contribution in [0.1, 0.15) is 31.4 Å². The molecule has 1 aliphatic heterocycles. The molecular formula is C16H23BrN2O3. The highest BCUT2D eigenvalue weighted by Crippen LogP contribution is 2.29. The molecule has 0 aromatic heterocycles. The predicted octanol–water partition coefficient (Wildman–Crippen LogP) is 2.40. The molecule has 22 heavy (non-hydrogen) atoms. The van der Waals surface area contributed by atoms with Gasteiger partial charge < -0.3 is 20.1 Å². The summed E-state index contributed by atoms with van der Waals surface area (Å²) in [7, 11) is 3.24. The normalized spacial score (nSPS) is 18.5. The van der Waals surface area contributed by atoms with Gasteiger partial charge in [-0.2, -0.15) is 0 Å². The number of nitrogens with one attached hydrogen (secondary N) is 2. The molecule has 1 aromatic carbocycles. The quantitative estimate of drug-likeness (QED) is 0.835. The summed E-state index contributed by atoms with van der Waals surface area (Å²) < 4.78 is 11.7. The number of ether oxygens (including phenoxy) is 2. The van der Waals surface area contributed by atoms with E-state index in [9.17, 15) is 4.79 Å². The standard InChI is InChI=1S/C16H23BrN2O3/c1-11(12-4-5-14(21-2)13(17)10-12)19-15(20)16(22-3)6-8-18-9-7-16/h4-5,10-11,18H,6-9H2,1-3H3,(H,19,20). The second-order valence-corrected chi connectivity index (χ2v) is 6.39. The number of methoxy groups -OCH3 is 2. The molecule has 1 aliphatic rings. The minimum absolute atomic E-state index is 0.0454. The van der Waals surface area contributed by atoms with Crippen molar-refractivity contribution < 1.29 is 14.3 Å². The van der Waals surface area contributed by atoms with E-state index >= 15 is 0 Å². The lowest BCUT2D eigenvalue weighted by Crippen LogP contribution is -2.54. The van der Waals surface area contributed by atoms with E-state index in [4.69, 9.17) is 9.47 Å². The highest BCUT2D eigenvalue weighted by Gasteiger charge is 2.40. The molecule has 1 amide bonds. The van der Waals surface area contributed by atoms with Crippen molar-refractivity contribution >= 4 is 21.8 Å². The van der Waals surface area contributed by atoms with E-state index in [1.807, 2.05) is 25.1 Å². The molecule has 6 heteroatoms. The Balaban J connectivity index is 2.08. The average molecular weight is 371 g/mol. The third-order valence-corrected chi connectivity index (χ3v) is 4.86. The lowest BCUT2D eigenvalue weighted by atomic mass is 9.90. The Kier molecular flexibility index (Phi) is 5.83. The maximum atomic E-state index is 12.6. The van der Waals surface area contributed by atoms with Crippen molar-refractivity contribution in [2.24, 2.45) is 0 Å². The van der Waals surface area contributed by atoms with Gasteiger partial charge in [0.05, 0.1) is 17.6 Å². The monoisotopic (exact) mass is 370 g/mol. The van der Waals surface area contributed by atoms with Gasteiger partial charge >= 0.3 is 0 Å². The molecule has 2 N–H and O–H groups in total. The molecule has 0 radical (unpaired) electrons. The lowest BCUT2D eigenvalue weighted by molar-refractivity contribution is -0.147. The second-order valence-electron chi connectivity index (χ2n) is 5.54. The summed E-state index contributed by atoms with van der Waals surface area (Å²) in [5, 5.41) is 6.32. The van der Waals surface area contributed by atoms with Gasteiger partial charge in [0.1, 0.15) is 11.4 Å². The topological polar surface area (TPSA) is 59.6 Å². The van der Waals surface area contributed by atoms with Crippen LogP contribution in [0.5, 0.6) is 5.75 Å².